The molecule has 1 unspecified atom stereocenters. The molecule has 1 saturated heterocycles. The number of benzene rings is 1. The van der Waals surface area contributed by atoms with Crippen molar-refractivity contribution in [2.75, 3.05) is 18.5 Å². The van der Waals surface area contributed by atoms with E-state index in [9.17, 15) is 19.2 Å². The zero-order valence-corrected chi connectivity index (χ0v) is 16.5. The van der Waals surface area contributed by atoms with E-state index in [0.717, 1.165) is 27.4 Å². The Morgan fingerprint density at radius 2 is 2.07 bits per heavy atom. The second-order valence-electron chi connectivity index (χ2n) is 6.82. The average molecular weight is 413 g/mol. The molecule has 1 aliphatic heterocycles. The van der Waals surface area contributed by atoms with Gasteiger partial charge in [0.05, 0.1) is 12.2 Å². The summed E-state index contributed by atoms with van der Waals surface area (Å²) in [6.07, 6.45) is 1.15. The Labute approximate surface area is 170 Å². The van der Waals surface area contributed by atoms with Crippen molar-refractivity contribution in [1.29, 1.82) is 0 Å². The average Bonchev–Trinajstić information content (AvgIpc) is 3.37. The first-order valence-corrected chi connectivity index (χ1v) is 10.1. The standard InChI is InChI=1S/C20H19N3O5S/c1-2-28-17(25)13-8-10-29-16(13)21-15(24)11-23-18(26)20(22-19(23)27)9-7-12-5-3-4-6-14(12)20/h3-6,8,10H,2,7,9,11H2,1H3,(H,21,24)(H,22,27). The summed E-state index contributed by atoms with van der Waals surface area (Å²) < 4.78 is 4.96. The molecule has 1 aliphatic carbocycles. The van der Waals surface area contributed by atoms with Crippen LogP contribution in [0.25, 0.3) is 0 Å². The predicted molar refractivity (Wildman–Crippen MR) is 106 cm³/mol. The Kier molecular flexibility index (Phi) is 4.83. The number of aryl methyl sites for hydroxylation is 1. The quantitative estimate of drug-likeness (QED) is 0.578. The third-order valence-corrected chi connectivity index (χ3v) is 5.97. The minimum absolute atomic E-state index is 0.216. The van der Waals surface area contributed by atoms with Crippen LogP contribution in [0.5, 0.6) is 0 Å². The van der Waals surface area contributed by atoms with Gasteiger partial charge in [0.1, 0.15) is 17.1 Å². The highest BCUT2D eigenvalue weighted by Crippen LogP contribution is 2.41. The van der Waals surface area contributed by atoms with Gasteiger partial charge in [0.25, 0.3) is 5.91 Å². The Bertz CT molecular complexity index is 1020. The number of rotatable bonds is 5. The maximum atomic E-state index is 13.1. The molecule has 1 atom stereocenters. The maximum Gasteiger partial charge on any atom is 0.341 e. The van der Waals surface area contributed by atoms with Crippen molar-refractivity contribution in [3.8, 4) is 0 Å². The molecule has 2 aliphatic rings. The molecule has 1 fully saturated rings. The molecule has 1 spiro atoms. The minimum atomic E-state index is -1.10. The third-order valence-electron chi connectivity index (χ3n) is 5.14. The smallest absolute Gasteiger partial charge is 0.341 e. The van der Waals surface area contributed by atoms with Crippen molar-refractivity contribution < 1.29 is 23.9 Å². The lowest BCUT2D eigenvalue weighted by atomic mass is 9.92. The lowest BCUT2D eigenvalue weighted by Gasteiger charge is -2.22. The monoisotopic (exact) mass is 413 g/mol. The molecule has 4 rings (SSSR count). The van der Waals surface area contributed by atoms with Crippen molar-refractivity contribution >= 4 is 40.2 Å². The Morgan fingerprint density at radius 3 is 2.86 bits per heavy atom. The van der Waals surface area contributed by atoms with Crippen molar-refractivity contribution in [3.63, 3.8) is 0 Å². The molecule has 4 amide bonds. The molecule has 2 N–H and O–H groups in total. The first kappa shape index (κ1) is 19.1. The molecule has 8 nitrogen and oxygen atoms in total. The van der Waals surface area contributed by atoms with Crippen molar-refractivity contribution in [2.45, 2.75) is 25.3 Å². The van der Waals surface area contributed by atoms with Gasteiger partial charge >= 0.3 is 12.0 Å². The van der Waals surface area contributed by atoms with Gasteiger partial charge in [0.15, 0.2) is 0 Å². The van der Waals surface area contributed by atoms with E-state index in [4.69, 9.17) is 4.74 Å². The second-order valence-corrected chi connectivity index (χ2v) is 7.73. The van der Waals surface area contributed by atoms with E-state index in [1.807, 2.05) is 24.3 Å². The van der Waals surface area contributed by atoms with Gasteiger partial charge in [-0.15, -0.1) is 11.3 Å². The van der Waals surface area contributed by atoms with Crippen LogP contribution in [0.1, 0.15) is 34.8 Å². The third kappa shape index (κ3) is 3.17. The molecule has 29 heavy (non-hydrogen) atoms. The Hall–Kier alpha value is -3.20. The van der Waals surface area contributed by atoms with Gasteiger partial charge < -0.3 is 15.4 Å². The van der Waals surface area contributed by atoms with E-state index in [1.54, 1.807) is 18.4 Å². The van der Waals surface area contributed by atoms with Crippen molar-refractivity contribution in [1.82, 2.24) is 10.2 Å². The van der Waals surface area contributed by atoms with Gasteiger partial charge in [0.2, 0.25) is 5.91 Å². The van der Waals surface area contributed by atoms with Gasteiger partial charge in [-0.2, -0.15) is 0 Å². The molecule has 2 heterocycles. The van der Waals surface area contributed by atoms with E-state index in [-0.39, 0.29) is 12.2 Å². The normalized spacial score (nSPS) is 20.0. The van der Waals surface area contributed by atoms with Crippen molar-refractivity contribution in [2.24, 2.45) is 0 Å². The number of thiophene rings is 1. The Balaban J connectivity index is 1.49. The fraction of sp³-hybridized carbons (Fsp3) is 0.300. The fourth-order valence-corrected chi connectivity index (χ4v) is 4.61. The summed E-state index contributed by atoms with van der Waals surface area (Å²) in [7, 11) is 0. The van der Waals surface area contributed by atoms with Crippen LogP contribution in [0.3, 0.4) is 0 Å². The lowest BCUT2D eigenvalue weighted by Crippen LogP contribution is -2.43. The van der Waals surface area contributed by atoms with Crippen LogP contribution in [0.15, 0.2) is 35.7 Å². The molecule has 0 radical (unpaired) electrons. The van der Waals surface area contributed by atoms with Gasteiger partial charge in [-0.1, -0.05) is 24.3 Å². The molecular weight excluding hydrogens is 394 g/mol. The number of imide groups is 1. The number of hydrogen-bond donors (Lipinski definition) is 2. The molecule has 0 bridgehead atoms. The largest absolute Gasteiger partial charge is 0.462 e. The number of ether oxygens (including phenoxy) is 1. The zero-order chi connectivity index (χ0) is 20.6. The summed E-state index contributed by atoms with van der Waals surface area (Å²) in [5, 5.41) is 7.36. The van der Waals surface area contributed by atoms with Crippen LogP contribution in [-0.4, -0.2) is 41.9 Å². The maximum absolute atomic E-state index is 13.1. The van der Waals surface area contributed by atoms with E-state index in [2.05, 4.69) is 10.6 Å². The number of carbonyl (C=O) groups excluding carboxylic acids is 4. The number of esters is 1. The number of hydrogen-bond acceptors (Lipinski definition) is 6. The van der Waals surface area contributed by atoms with Gasteiger partial charge in [-0.3, -0.25) is 14.5 Å². The first-order chi connectivity index (χ1) is 14.0. The fourth-order valence-electron chi connectivity index (χ4n) is 3.82. The number of carbonyl (C=O) groups is 4. The van der Waals surface area contributed by atoms with Crippen LogP contribution >= 0.6 is 11.3 Å². The van der Waals surface area contributed by atoms with Gasteiger partial charge in [-0.05, 0) is 42.3 Å². The SMILES string of the molecule is CCOC(=O)c1ccsc1NC(=O)CN1C(=O)NC2(CCc3ccccc32)C1=O. The number of amides is 4. The van der Waals surface area contributed by atoms with Crippen LogP contribution in [0.4, 0.5) is 9.80 Å². The van der Waals surface area contributed by atoms with Crippen LogP contribution in [-0.2, 0) is 26.3 Å². The molecular formula is C20H19N3O5S. The molecule has 1 aromatic heterocycles. The summed E-state index contributed by atoms with van der Waals surface area (Å²) in [5.41, 5.74) is 0.935. The topological polar surface area (TPSA) is 105 Å². The first-order valence-electron chi connectivity index (χ1n) is 9.23. The molecule has 0 saturated carbocycles. The van der Waals surface area contributed by atoms with E-state index in [1.165, 1.54) is 0 Å². The number of urea groups is 1. The van der Waals surface area contributed by atoms with Crippen LogP contribution in [0.2, 0.25) is 0 Å². The highest BCUT2D eigenvalue weighted by molar-refractivity contribution is 7.14. The van der Waals surface area contributed by atoms with Gasteiger partial charge in [0, 0.05) is 0 Å². The van der Waals surface area contributed by atoms with E-state index < -0.39 is 35.9 Å². The predicted octanol–water partition coefficient (Wildman–Crippen LogP) is 2.26. The lowest BCUT2D eigenvalue weighted by molar-refractivity contribution is -0.134. The zero-order valence-electron chi connectivity index (χ0n) is 15.7. The van der Waals surface area contributed by atoms with Gasteiger partial charge in [-0.25, -0.2) is 9.59 Å². The summed E-state index contributed by atoms with van der Waals surface area (Å²) in [4.78, 5) is 51.0. The molecule has 9 heteroatoms. The number of nitrogens with zero attached hydrogens (tertiary/aromatic N) is 1. The highest BCUT2D eigenvalue weighted by atomic mass is 32.1. The van der Waals surface area contributed by atoms with Crippen LogP contribution in [0, 0.1) is 0 Å². The Morgan fingerprint density at radius 1 is 1.28 bits per heavy atom. The number of anilines is 1. The minimum Gasteiger partial charge on any atom is -0.462 e. The summed E-state index contributed by atoms with van der Waals surface area (Å²) >= 11 is 1.16. The number of nitrogens with one attached hydrogen (secondary N) is 2. The van der Waals surface area contributed by atoms with Crippen LogP contribution < -0.4 is 10.6 Å². The molecule has 150 valence electrons. The van der Waals surface area contributed by atoms with E-state index >= 15 is 0 Å². The van der Waals surface area contributed by atoms with E-state index in [0.29, 0.717) is 17.8 Å². The summed E-state index contributed by atoms with van der Waals surface area (Å²) in [6, 6.07) is 8.45. The summed E-state index contributed by atoms with van der Waals surface area (Å²) in [5.74, 6) is -1.54. The second kappa shape index (κ2) is 7.32. The highest BCUT2D eigenvalue weighted by Gasteiger charge is 2.55. The van der Waals surface area contributed by atoms with Crippen molar-refractivity contribution in [3.05, 3.63) is 52.4 Å². The molecule has 1 aromatic carbocycles. The molecule has 2 aromatic rings. The number of fused-ring (bicyclic) bond motifs is 2. The summed E-state index contributed by atoms with van der Waals surface area (Å²) in [6.45, 7) is 1.47.